The number of hydrogen-bond donors (Lipinski definition) is 3. The molecule has 0 unspecified atom stereocenters. The van der Waals surface area contributed by atoms with Crippen molar-refractivity contribution in [3.63, 3.8) is 0 Å². The van der Waals surface area contributed by atoms with Crippen LogP contribution in [-0.4, -0.2) is 59.9 Å². The molecule has 6 heteroatoms. The molecule has 0 aliphatic heterocycles. The highest BCUT2D eigenvalue weighted by Crippen LogP contribution is 2.15. The minimum atomic E-state index is -1.06. The van der Waals surface area contributed by atoms with Gasteiger partial charge < -0.3 is 24.8 Å². The molecule has 0 heterocycles. The monoisotopic (exact) mass is 264 g/mol. The summed E-state index contributed by atoms with van der Waals surface area (Å²) < 4.78 is 10.3. The van der Waals surface area contributed by atoms with Crippen LogP contribution in [0.4, 0.5) is 0 Å². The molecule has 6 nitrogen and oxygen atoms in total. The smallest absolute Gasteiger partial charge is 0.308 e. The van der Waals surface area contributed by atoms with Crippen LogP contribution in [0.3, 0.4) is 0 Å². The summed E-state index contributed by atoms with van der Waals surface area (Å²) in [4.78, 5) is 11.3. The van der Waals surface area contributed by atoms with Gasteiger partial charge in [0.05, 0.1) is 44.9 Å². The highest BCUT2D eigenvalue weighted by atomic mass is 16.6. The highest BCUT2D eigenvalue weighted by Gasteiger charge is 2.28. The molecule has 108 valence electrons. The van der Waals surface area contributed by atoms with Crippen LogP contribution in [0.2, 0.25) is 0 Å². The lowest BCUT2D eigenvalue weighted by molar-refractivity contribution is -0.156. The van der Waals surface area contributed by atoms with Crippen molar-refractivity contribution < 1.29 is 29.6 Å². The van der Waals surface area contributed by atoms with Gasteiger partial charge in [0.15, 0.2) is 0 Å². The fraction of sp³-hybridized carbons (Fsp3) is 0.917. The third-order valence-corrected chi connectivity index (χ3v) is 2.29. The van der Waals surface area contributed by atoms with Crippen molar-refractivity contribution in [2.75, 3.05) is 33.0 Å². The first-order chi connectivity index (χ1) is 8.28. The second-order valence-corrected chi connectivity index (χ2v) is 5.36. The number of carbonyl (C=O) groups is 1. The lowest BCUT2D eigenvalue weighted by atomic mass is 9.93. The molecule has 0 aromatic heterocycles. The summed E-state index contributed by atoms with van der Waals surface area (Å²) in [5, 5.41) is 27.1. The van der Waals surface area contributed by atoms with Crippen LogP contribution in [0, 0.1) is 5.41 Å². The minimum Gasteiger partial charge on any atom is -0.460 e. The Labute approximate surface area is 108 Å². The van der Waals surface area contributed by atoms with Crippen LogP contribution in [0.25, 0.3) is 0 Å². The summed E-state index contributed by atoms with van der Waals surface area (Å²) in [6.45, 7) is 4.29. The van der Waals surface area contributed by atoms with Crippen molar-refractivity contribution in [3.05, 3.63) is 0 Å². The van der Waals surface area contributed by atoms with Gasteiger partial charge in [0.25, 0.3) is 0 Å². The molecule has 3 N–H and O–H groups in total. The van der Waals surface area contributed by atoms with E-state index in [1.54, 1.807) is 20.8 Å². The second-order valence-electron chi connectivity index (χ2n) is 5.36. The number of hydrogen-bond acceptors (Lipinski definition) is 6. The predicted octanol–water partition coefficient (Wildman–Crippen LogP) is -0.302. The number of ether oxygens (including phenoxy) is 2. The average molecular weight is 264 g/mol. The van der Waals surface area contributed by atoms with Crippen LogP contribution >= 0.6 is 0 Å². The largest absolute Gasteiger partial charge is 0.460 e. The lowest BCUT2D eigenvalue weighted by Gasteiger charge is -2.26. The van der Waals surface area contributed by atoms with Crippen LogP contribution in [0.5, 0.6) is 0 Å². The molecule has 0 aromatic rings. The van der Waals surface area contributed by atoms with Crippen LogP contribution in [-0.2, 0) is 14.3 Å². The first-order valence-corrected chi connectivity index (χ1v) is 5.91. The molecule has 0 aliphatic carbocycles. The van der Waals surface area contributed by atoms with Gasteiger partial charge in [-0.2, -0.15) is 0 Å². The zero-order valence-electron chi connectivity index (χ0n) is 11.3. The highest BCUT2D eigenvalue weighted by molar-refractivity contribution is 5.69. The normalized spacial score (nSPS) is 12.6. The average Bonchev–Trinajstić information content (AvgIpc) is 2.28. The van der Waals surface area contributed by atoms with Crippen molar-refractivity contribution in [3.8, 4) is 0 Å². The van der Waals surface area contributed by atoms with Gasteiger partial charge in [-0.1, -0.05) is 0 Å². The van der Waals surface area contributed by atoms with E-state index in [4.69, 9.17) is 24.8 Å². The van der Waals surface area contributed by atoms with Crippen molar-refractivity contribution in [2.45, 2.75) is 32.8 Å². The van der Waals surface area contributed by atoms with Gasteiger partial charge in [0.1, 0.15) is 5.60 Å². The van der Waals surface area contributed by atoms with E-state index in [9.17, 15) is 4.79 Å². The van der Waals surface area contributed by atoms with Crippen molar-refractivity contribution in [1.82, 2.24) is 0 Å². The quantitative estimate of drug-likeness (QED) is 0.411. The predicted molar refractivity (Wildman–Crippen MR) is 65.0 cm³/mol. The molecule has 18 heavy (non-hydrogen) atoms. The van der Waals surface area contributed by atoms with E-state index in [1.807, 2.05) is 0 Å². The molecule has 0 aliphatic rings. The van der Waals surface area contributed by atoms with Crippen LogP contribution < -0.4 is 0 Å². The molecule has 0 rings (SSSR count). The number of esters is 1. The summed E-state index contributed by atoms with van der Waals surface area (Å²) in [6.07, 6.45) is 0.0929. The Morgan fingerprint density at radius 1 is 1.06 bits per heavy atom. The SMILES string of the molecule is CC(C)(C)OC(=O)CCOCC(CO)(CO)CO. The zero-order valence-corrected chi connectivity index (χ0v) is 11.3. The summed E-state index contributed by atoms with van der Waals surface area (Å²) in [6, 6.07) is 0. The fourth-order valence-electron chi connectivity index (χ4n) is 1.12. The minimum absolute atomic E-state index is 0.0146. The topological polar surface area (TPSA) is 96.2 Å². The molecule has 0 spiro atoms. The standard InChI is InChI=1S/C12H24O6/c1-11(2,3)18-10(16)4-5-17-9-12(6-13,7-14)8-15/h13-15H,4-9H2,1-3H3. The third-order valence-electron chi connectivity index (χ3n) is 2.29. The summed E-state index contributed by atoms with van der Waals surface area (Å²) in [7, 11) is 0. The van der Waals surface area contributed by atoms with E-state index >= 15 is 0 Å². The Balaban J connectivity index is 3.89. The Morgan fingerprint density at radius 2 is 1.56 bits per heavy atom. The maximum absolute atomic E-state index is 11.3. The third kappa shape index (κ3) is 6.90. The molecule has 0 amide bonds. The molecule has 0 radical (unpaired) electrons. The van der Waals surface area contributed by atoms with E-state index in [1.165, 1.54) is 0 Å². The Morgan fingerprint density at radius 3 is 1.94 bits per heavy atom. The van der Waals surface area contributed by atoms with Crippen molar-refractivity contribution >= 4 is 5.97 Å². The summed E-state index contributed by atoms with van der Waals surface area (Å²) in [5.41, 5.74) is -1.59. The van der Waals surface area contributed by atoms with Gasteiger partial charge in [-0.15, -0.1) is 0 Å². The number of rotatable bonds is 8. The van der Waals surface area contributed by atoms with Crippen LogP contribution in [0.1, 0.15) is 27.2 Å². The molecule has 0 aromatic carbocycles. The van der Waals surface area contributed by atoms with Gasteiger partial charge >= 0.3 is 5.97 Å². The van der Waals surface area contributed by atoms with E-state index < -0.39 is 11.0 Å². The molecule has 0 bridgehead atoms. The Hall–Kier alpha value is -0.690. The number of aliphatic hydroxyl groups is 3. The summed E-state index contributed by atoms with van der Waals surface area (Å²) >= 11 is 0. The van der Waals surface area contributed by atoms with Gasteiger partial charge in [0.2, 0.25) is 0 Å². The Kier molecular flexibility index (Phi) is 7.39. The molecule has 0 fully saturated rings. The summed E-state index contributed by atoms with van der Waals surface area (Å²) in [5.74, 6) is -0.370. The van der Waals surface area contributed by atoms with Crippen molar-refractivity contribution in [2.24, 2.45) is 5.41 Å². The van der Waals surface area contributed by atoms with E-state index in [0.29, 0.717) is 0 Å². The van der Waals surface area contributed by atoms with Gasteiger partial charge in [0, 0.05) is 0 Å². The number of carbonyl (C=O) groups excluding carboxylic acids is 1. The molecule has 0 atom stereocenters. The van der Waals surface area contributed by atoms with Crippen molar-refractivity contribution in [1.29, 1.82) is 0 Å². The maximum atomic E-state index is 11.3. The fourth-order valence-corrected chi connectivity index (χ4v) is 1.12. The molecular formula is C12H24O6. The lowest BCUT2D eigenvalue weighted by Crippen LogP contribution is -2.39. The number of aliphatic hydroxyl groups excluding tert-OH is 3. The van der Waals surface area contributed by atoms with Gasteiger partial charge in [-0.05, 0) is 20.8 Å². The van der Waals surface area contributed by atoms with E-state index in [2.05, 4.69) is 0 Å². The van der Waals surface area contributed by atoms with Gasteiger partial charge in [-0.25, -0.2) is 0 Å². The molecule has 0 saturated carbocycles. The van der Waals surface area contributed by atoms with E-state index in [0.717, 1.165) is 0 Å². The van der Waals surface area contributed by atoms with Gasteiger partial charge in [-0.3, -0.25) is 4.79 Å². The zero-order chi connectivity index (χ0) is 14.2. The maximum Gasteiger partial charge on any atom is 0.308 e. The second kappa shape index (κ2) is 7.68. The van der Waals surface area contributed by atoms with E-state index in [-0.39, 0.29) is 45.4 Å². The first-order valence-electron chi connectivity index (χ1n) is 5.91. The Bertz CT molecular complexity index is 233. The first kappa shape index (κ1) is 17.3. The van der Waals surface area contributed by atoms with Crippen LogP contribution in [0.15, 0.2) is 0 Å². The molecular weight excluding hydrogens is 240 g/mol. The molecule has 0 saturated heterocycles.